The minimum Gasteiger partial charge on any atom is -0.378 e. The van der Waals surface area contributed by atoms with Crippen molar-refractivity contribution in [2.75, 3.05) is 24.3 Å². The number of rotatable bonds is 5. The Bertz CT molecular complexity index is 637. The van der Waals surface area contributed by atoms with Crippen LogP contribution in [0.25, 0.3) is 0 Å². The van der Waals surface area contributed by atoms with E-state index in [9.17, 15) is 4.79 Å². The van der Waals surface area contributed by atoms with Crippen LogP contribution < -0.4 is 15.5 Å². The molecular formula is C16H21N5O. The first kappa shape index (κ1) is 15.8. The fourth-order valence-corrected chi connectivity index (χ4v) is 1.85. The molecule has 1 heterocycles. The Kier molecular flexibility index (Phi) is 4.93. The second-order valence-electron chi connectivity index (χ2n) is 5.46. The number of aromatic nitrogens is 2. The molecule has 0 atom stereocenters. The van der Waals surface area contributed by atoms with Crippen LogP contribution in [-0.2, 0) is 0 Å². The summed E-state index contributed by atoms with van der Waals surface area (Å²) in [5.74, 6) is 0.192. The first-order valence-corrected chi connectivity index (χ1v) is 7.14. The van der Waals surface area contributed by atoms with Gasteiger partial charge in [0, 0.05) is 37.7 Å². The highest BCUT2D eigenvalue weighted by Gasteiger charge is 2.09. The number of amides is 1. The molecular weight excluding hydrogens is 278 g/mol. The molecule has 2 N–H and O–H groups in total. The summed E-state index contributed by atoms with van der Waals surface area (Å²) in [6.45, 7) is 3.81. The predicted molar refractivity (Wildman–Crippen MR) is 88.7 cm³/mol. The fraction of sp³-hybridized carbons (Fsp3) is 0.312. The van der Waals surface area contributed by atoms with Gasteiger partial charge in [-0.1, -0.05) is 0 Å². The quantitative estimate of drug-likeness (QED) is 0.887. The fourth-order valence-electron chi connectivity index (χ4n) is 1.85. The molecule has 0 bridgehead atoms. The van der Waals surface area contributed by atoms with E-state index in [0.29, 0.717) is 11.6 Å². The van der Waals surface area contributed by atoms with Gasteiger partial charge in [-0.25, -0.2) is 9.97 Å². The minimum atomic E-state index is -0.205. The zero-order chi connectivity index (χ0) is 16.1. The van der Waals surface area contributed by atoms with Gasteiger partial charge in [-0.2, -0.15) is 0 Å². The second-order valence-corrected chi connectivity index (χ2v) is 5.46. The third-order valence-electron chi connectivity index (χ3n) is 2.95. The normalized spacial score (nSPS) is 10.4. The van der Waals surface area contributed by atoms with E-state index in [0.717, 1.165) is 11.4 Å². The Hall–Kier alpha value is -2.63. The molecule has 0 saturated heterocycles. The maximum Gasteiger partial charge on any atom is 0.270 e. The Morgan fingerprint density at radius 1 is 1.14 bits per heavy atom. The van der Waals surface area contributed by atoms with E-state index in [2.05, 4.69) is 20.6 Å². The molecule has 0 aliphatic heterocycles. The molecule has 6 heteroatoms. The maximum absolute atomic E-state index is 11.9. The lowest BCUT2D eigenvalue weighted by atomic mass is 10.2. The lowest BCUT2D eigenvalue weighted by Gasteiger charge is -2.13. The van der Waals surface area contributed by atoms with Crippen molar-refractivity contribution in [2.24, 2.45) is 0 Å². The summed E-state index contributed by atoms with van der Waals surface area (Å²) >= 11 is 0. The molecule has 0 radical (unpaired) electrons. The number of carbonyl (C=O) groups is 1. The second kappa shape index (κ2) is 6.89. The van der Waals surface area contributed by atoms with Gasteiger partial charge in [-0.05, 0) is 44.2 Å². The number of nitrogens with one attached hydrogen (secondary N) is 2. The molecule has 0 fully saturated rings. The van der Waals surface area contributed by atoms with Gasteiger partial charge in [0.05, 0.1) is 0 Å². The van der Waals surface area contributed by atoms with E-state index in [1.54, 1.807) is 12.3 Å². The number of nitrogens with zero attached hydrogens (tertiary/aromatic N) is 3. The number of carbonyl (C=O) groups excluding carboxylic acids is 1. The first-order valence-electron chi connectivity index (χ1n) is 7.14. The maximum atomic E-state index is 11.9. The van der Waals surface area contributed by atoms with Gasteiger partial charge in [-0.3, -0.25) is 4.79 Å². The van der Waals surface area contributed by atoms with E-state index < -0.39 is 0 Å². The van der Waals surface area contributed by atoms with Crippen LogP contribution in [0.3, 0.4) is 0 Å². The molecule has 6 nitrogen and oxygen atoms in total. The van der Waals surface area contributed by atoms with Gasteiger partial charge in [-0.15, -0.1) is 0 Å². The molecule has 1 amide bonds. The Morgan fingerprint density at radius 3 is 2.41 bits per heavy atom. The van der Waals surface area contributed by atoms with Crippen molar-refractivity contribution in [2.45, 2.75) is 19.9 Å². The van der Waals surface area contributed by atoms with E-state index in [1.807, 2.05) is 57.1 Å². The number of anilines is 3. The van der Waals surface area contributed by atoms with Crippen LogP contribution in [0.5, 0.6) is 0 Å². The molecule has 0 spiro atoms. The van der Waals surface area contributed by atoms with Crippen LogP contribution in [0.1, 0.15) is 24.3 Å². The van der Waals surface area contributed by atoms with Gasteiger partial charge < -0.3 is 15.5 Å². The summed E-state index contributed by atoms with van der Waals surface area (Å²) in [6.07, 6.45) is 1.57. The molecule has 2 rings (SSSR count). The molecule has 2 aromatic rings. The molecule has 0 aliphatic rings. The molecule has 22 heavy (non-hydrogen) atoms. The van der Waals surface area contributed by atoms with Crippen molar-refractivity contribution in [3.8, 4) is 0 Å². The van der Waals surface area contributed by atoms with Crippen LogP contribution >= 0.6 is 0 Å². The summed E-state index contributed by atoms with van der Waals surface area (Å²) in [6, 6.07) is 9.55. The highest BCUT2D eigenvalue weighted by Crippen LogP contribution is 2.18. The average Bonchev–Trinajstić information content (AvgIpc) is 2.47. The molecule has 0 unspecified atom stereocenters. The number of benzene rings is 1. The lowest BCUT2D eigenvalue weighted by Crippen LogP contribution is -2.30. The topological polar surface area (TPSA) is 70.2 Å². The van der Waals surface area contributed by atoms with Crippen LogP contribution in [0.15, 0.2) is 36.5 Å². The minimum absolute atomic E-state index is 0.0671. The highest BCUT2D eigenvalue weighted by atomic mass is 16.1. The lowest BCUT2D eigenvalue weighted by molar-refractivity contribution is 0.0938. The Balaban J connectivity index is 2.11. The molecule has 1 aromatic carbocycles. The van der Waals surface area contributed by atoms with Gasteiger partial charge in [0.1, 0.15) is 5.69 Å². The van der Waals surface area contributed by atoms with Gasteiger partial charge in [0.15, 0.2) is 0 Å². The van der Waals surface area contributed by atoms with Crippen molar-refractivity contribution in [3.05, 3.63) is 42.2 Å². The molecule has 0 saturated carbocycles. The summed E-state index contributed by atoms with van der Waals surface area (Å²) in [7, 11) is 3.98. The van der Waals surface area contributed by atoms with Crippen molar-refractivity contribution in [1.29, 1.82) is 0 Å². The zero-order valence-electron chi connectivity index (χ0n) is 13.3. The third-order valence-corrected chi connectivity index (χ3v) is 2.95. The van der Waals surface area contributed by atoms with Gasteiger partial charge >= 0.3 is 0 Å². The molecule has 0 aliphatic carbocycles. The predicted octanol–water partition coefficient (Wildman–Crippen LogP) is 2.42. The highest BCUT2D eigenvalue weighted by molar-refractivity contribution is 5.92. The Labute approximate surface area is 130 Å². The van der Waals surface area contributed by atoms with Crippen LogP contribution in [0, 0.1) is 0 Å². The summed E-state index contributed by atoms with van der Waals surface area (Å²) in [5, 5.41) is 5.91. The zero-order valence-corrected chi connectivity index (χ0v) is 13.3. The van der Waals surface area contributed by atoms with E-state index in [4.69, 9.17) is 0 Å². The van der Waals surface area contributed by atoms with Crippen molar-refractivity contribution < 1.29 is 4.79 Å². The van der Waals surface area contributed by atoms with Crippen molar-refractivity contribution >= 4 is 23.2 Å². The van der Waals surface area contributed by atoms with Crippen LogP contribution in [0.4, 0.5) is 17.3 Å². The van der Waals surface area contributed by atoms with Crippen molar-refractivity contribution in [3.63, 3.8) is 0 Å². The average molecular weight is 299 g/mol. The van der Waals surface area contributed by atoms with Gasteiger partial charge in [0.2, 0.25) is 5.95 Å². The van der Waals surface area contributed by atoms with E-state index in [-0.39, 0.29) is 11.9 Å². The molecule has 1 aromatic heterocycles. The monoisotopic (exact) mass is 299 g/mol. The van der Waals surface area contributed by atoms with Crippen LogP contribution in [0.2, 0.25) is 0 Å². The largest absolute Gasteiger partial charge is 0.378 e. The molecule has 116 valence electrons. The smallest absolute Gasteiger partial charge is 0.270 e. The summed E-state index contributed by atoms with van der Waals surface area (Å²) in [5.41, 5.74) is 2.32. The van der Waals surface area contributed by atoms with Crippen molar-refractivity contribution in [1.82, 2.24) is 15.3 Å². The van der Waals surface area contributed by atoms with Crippen LogP contribution in [-0.4, -0.2) is 36.0 Å². The standard InChI is InChI=1S/C16H21N5O/c1-11(2)18-15(22)14-9-10-17-16(20-14)19-12-5-7-13(8-6-12)21(3)4/h5-11H,1-4H3,(H,18,22)(H,17,19,20). The third kappa shape index (κ3) is 4.18. The van der Waals surface area contributed by atoms with E-state index >= 15 is 0 Å². The summed E-state index contributed by atoms with van der Waals surface area (Å²) < 4.78 is 0. The Morgan fingerprint density at radius 2 is 1.82 bits per heavy atom. The number of hydrogen-bond acceptors (Lipinski definition) is 5. The number of hydrogen-bond donors (Lipinski definition) is 2. The first-order chi connectivity index (χ1) is 10.5. The summed E-state index contributed by atoms with van der Waals surface area (Å²) in [4.78, 5) is 22.3. The van der Waals surface area contributed by atoms with E-state index in [1.165, 1.54) is 0 Å². The SMILES string of the molecule is CC(C)NC(=O)c1ccnc(Nc2ccc(N(C)C)cc2)n1. The van der Waals surface area contributed by atoms with Gasteiger partial charge in [0.25, 0.3) is 5.91 Å².